The zero-order chi connectivity index (χ0) is 19.7. The maximum atomic E-state index is 13.1. The molecule has 2 aliphatic rings. The van der Waals surface area contributed by atoms with Crippen molar-refractivity contribution in [3.8, 4) is 0 Å². The summed E-state index contributed by atoms with van der Waals surface area (Å²) in [6.45, 7) is 2.12. The van der Waals surface area contributed by atoms with Gasteiger partial charge in [-0.25, -0.2) is 0 Å². The van der Waals surface area contributed by atoms with Crippen molar-refractivity contribution in [3.05, 3.63) is 36.0 Å². The summed E-state index contributed by atoms with van der Waals surface area (Å²) in [5.41, 5.74) is 1.57. The minimum Gasteiger partial charge on any atom is -0.375 e. The SMILES string of the molecule is CN(C)C(=O)CC1CCOC2(CCN(C(=O)c3cccc4[nH]ccc34)CC2)C1. The Morgan fingerprint density at radius 3 is 2.79 bits per heavy atom. The lowest BCUT2D eigenvalue weighted by Crippen LogP contribution is -2.51. The predicted molar refractivity (Wildman–Crippen MR) is 108 cm³/mol. The molecule has 1 aromatic carbocycles. The summed E-state index contributed by atoms with van der Waals surface area (Å²) in [4.78, 5) is 32.0. The van der Waals surface area contributed by atoms with E-state index in [1.807, 2.05) is 49.5 Å². The maximum absolute atomic E-state index is 13.1. The Morgan fingerprint density at radius 1 is 1.25 bits per heavy atom. The van der Waals surface area contributed by atoms with Crippen LogP contribution < -0.4 is 0 Å². The van der Waals surface area contributed by atoms with Gasteiger partial charge in [-0.15, -0.1) is 0 Å². The predicted octanol–water partition coefficient (Wildman–Crippen LogP) is 3.05. The Hall–Kier alpha value is -2.34. The largest absolute Gasteiger partial charge is 0.375 e. The number of benzene rings is 1. The fourth-order valence-corrected chi connectivity index (χ4v) is 4.64. The van der Waals surface area contributed by atoms with Crippen LogP contribution in [-0.4, -0.2) is 66.0 Å². The van der Waals surface area contributed by atoms with Gasteiger partial charge in [0.2, 0.25) is 5.91 Å². The summed E-state index contributed by atoms with van der Waals surface area (Å²) in [5, 5.41) is 0.976. The van der Waals surface area contributed by atoms with Crippen molar-refractivity contribution in [1.29, 1.82) is 0 Å². The van der Waals surface area contributed by atoms with E-state index in [9.17, 15) is 9.59 Å². The molecule has 1 N–H and O–H groups in total. The molecule has 2 aliphatic heterocycles. The Bertz CT molecular complexity index is 865. The molecule has 2 saturated heterocycles. The number of amides is 2. The zero-order valence-electron chi connectivity index (χ0n) is 16.7. The molecule has 2 fully saturated rings. The molecule has 0 aliphatic carbocycles. The van der Waals surface area contributed by atoms with E-state index in [2.05, 4.69) is 4.98 Å². The first kappa shape index (κ1) is 19.0. The van der Waals surface area contributed by atoms with Crippen molar-refractivity contribution in [2.24, 2.45) is 5.92 Å². The molecule has 1 aromatic heterocycles. The number of fused-ring (bicyclic) bond motifs is 1. The van der Waals surface area contributed by atoms with Crippen molar-refractivity contribution in [2.45, 2.75) is 37.7 Å². The van der Waals surface area contributed by atoms with Crippen LogP contribution in [0.25, 0.3) is 10.9 Å². The van der Waals surface area contributed by atoms with Gasteiger partial charge in [0.25, 0.3) is 5.91 Å². The highest BCUT2D eigenvalue weighted by Gasteiger charge is 2.41. The highest BCUT2D eigenvalue weighted by Crippen LogP contribution is 2.39. The Balaban J connectivity index is 1.40. The number of piperidine rings is 1. The van der Waals surface area contributed by atoms with Crippen LogP contribution in [0, 0.1) is 5.92 Å². The van der Waals surface area contributed by atoms with Crippen molar-refractivity contribution in [2.75, 3.05) is 33.8 Å². The second-order valence-electron chi connectivity index (χ2n) is 8.42. The smallest absolute Gasteiger partial charge is 0.254 e. The van der Waals surface area contributed by atoms with Crippen LogP contribution in [0.4, 0.5) is 0 Å². The molecule has 0 radical (unpaired) electrons. The van der Waals surface area contributed by atoms with Crippen LogP contribution in [-0.2, 0) is 9.53 Å². The number of rotatable bonds is 3. The van der Waals surface area contributed by atoms with E-state index in [-0.39, 0.29) is 17.4 Å². The molecule has 6 nitrogen and oxygen atoms in total. The number of likely N-dealkylation sites (tertiary alicyclic amines) is 1. The number of hydrogen-bond acceptors (Lipinski definition) is 3. The van der Waals surface area contributed by atoms with Gasteiger partial charge in [-0.05, 0) is 49.8 Å². The highest BCUT2D eigenvalue weighted by atomic mass is 16.5. The average molecular weight is 383 g/mol. The topological polar surface area (TPSA) is 65.6 Å². The fourth-order valence-electron chi connectivity index (χ4n) is 4.64. The van der Waals surface area contributed by atoms with Gasteiger partial charge in [0, 0.05) is 62.9 Å². The normalized spacial score (nSPS) is 21.8. The molecular weight excluding hydrogens is 354 g/mol. The van der Waals surface area contributed by atoms with Crippen LogP contribution >= 0.6 is 0 Å². The summed E-state index contributed by atoms with van der Waals surface area (Å²) in [5.74, 6) is 0.656. The van der Waals surface area contributed by atoms with Crippen LogP contribution in [0.15, 0.2) is 30.5 Å². The first-order valence-electron chi connectivity index (χ1n) is 10.2. The number of H-pyrrole nitrogens is 1. The number of aromatic amines is 1. The molecule has 3 heterocycles. The van der Waals surface area contributed by atoms with E-state index in [4.69, 9.17) is 4.74 Å². The van der Waals surface area contributed by atoms with Gasteiger partial charge in [-0.1, -0.05) is 6.07 Å². The molecule has 150 valence electrons. The van der Waals surface area contributed by atoms with Gasteiger partial charge < -0.3 is 19.5 Å². The van der Waals surface area contributed by atoms with Crippen LogP contribution in [0.2, 0.25) is 0 Å². The first-order chi connectivity index (χ1) is 13.5. The quantitative estimate of drug-likeness (QED) is 0.886. The van der Waals surface area contributed by atoms with Gasteiger partial charge in [0.05, 0.1) is 5.60 Å². The summed E-state index contributed by atoms with van der Waals surface area (Å²) in [6, 6.07) is 7.78. The Kier molecular flexibility index (Phi) is 5.15. The second kappa shape index (κ2) is 7.59. The van der Waals surface area contributed by atoms with Crippen molar-refractivity contribution < 1.29 is 14.3 Å². The molecule has 1 spiro atoms. The molecule has 1 atom stereocenters. The van der Waals surface area contributed by atoms with Crippen molar-refractivity contribution >= 4 is 22.7 Å². The highest BCUT2D eigenvalue weighted by molar-refractivity contribution is 6.06. The number of hydrogen-bond donors (Lipinski definition) is 1. The third-order valence-corrected chi connectivity index (χ3v) is 6.34. The minimum atomic E-state index is -0.174. The molecule has 0 bridgehead atoms. The summed E-state index contributed by atoms with van der Waals surface area (Å²) >= 11 is 0. The van der Waals surface area contributed by atoms with Gasteiger partial charge in [-0.2, -0.15) is 0 Å². The van der Waals surface area contributed by atoms with E-state index in [1.54, 1.807) is 4.90 Å². The molecule has 28 heavy (non-hydrogen) atoms. The number of nitrogens with one attached hydrogen (secondary N) is 1. The summed E-state index contributed by atoms with van der Waals surface area (Å²) in [7, 11) is 3.62. The molecule has 1 unspecified atom stereocenters. The molecular formula is C22H29N3O3. The van der Waals surface area contributed by atoms with Crippen LogP contribution in [0.1, 0.15) is 42.5 Å². The molecule has 2 aromatic rings. The van der Waals surface area contributed by atoms with Crippen LogP contribution in [0.3, 0.4) is 0 Å². The standard InChI is InChI=1S/C22H29N3O3/c1-24(2)20(26)14-16-7-13-28-22(15-16)8-11-25(12-9-22)21(27)18-4-3-5-19-17(18)6-10-23-19/h3-6,10,16,23H,7-9,11-15H2,1-2H3. The number of carbonyl (C=O) groups excluding carboxylic acids is 2. The van der Waals surface area contributed by atoms with E-state index < -0.39 is 0 Å². The lowest BCUT2D eigenvalue weighted by Gasteiger charge is -2.46. The Morgan fingerprint density at radius 2 is 2.04 bits per heavy atom. The molecule has 6 heteroatoms. The maximum Gasteiger partial charge on any atom is 0.254 e. The lowest BCUT2D eigenvalue weighted by molar-refractivity contribution is -0.139. The molecule has 4 rings (SSSR count). The summed E-state index contributed by atoms with van der Waals surface area (Å²) < 4.78 is 6.20. The van der Waals surface area contributed by atoms with E-state index in [0.29, 0.717) is 32.0 Å². The third-order valence-electron chi connectivity index (χ3n) is 6.34. The van der Waals surface area contributed by atoms with E-state index in [1.165, 1.54) is 0 Å². The van der Waals surface area contributed by atoms with Crippen LogP contribution in [0.5, 0.6) is 0 Å². The van der Waals surface area contributed by atoms with Gasteiger partial charge in [-0.3, -0.25) is 9.59 Å². The number of aromatic nitrogens is 1. The summed E-state index contributed by atoms with van der Waals surface area (Å²) in [6.07, 6.45) is 6.01. The van der Waals surface area contributed by atoms with E-state index >= 15 is 0 Å². The van der Waals surface area contributed by atoms with Crippen molar-refractivity contribution in [3.63, 3.8) is 0 Å². The zero-order valence-corrected chi connectivity index (χ0v) is 16.7. The first-order valence-corrected chi connectivity index (χ1v) is 10.2. The molecule has 0 saturated carbocycles. The van der Waals surface area contributed by atoms with Gasteiger partial charge in [0.1, 0.15) is 0 Å². The van der Waals surface area contributed by atoms with Gasteiger partial charge in [0.15, 0.2) is 0 Å². The number of ether oxygens (including phenoxy) is 1. The fraction of sp³-hybridized carbons (Fsp3) is 0.545. The average Bonchev–Trinajstić information content (AvgIpc) is 3.17. The lowest BCUT2D eigenvalue weighted by atomic mass is 9.78. The van der Waals surface area contributed by atoms with Crippen molar-refractivity contribution in [1.82, 2.24) is 14.8 Å². The number of nitrogens with zero attached hydrogens (tertiary/aromatic N) is 2. The monoisotopic (exact) mass is 383 g/mol. The number of carbonyl (C=O) groups is 2. The third kappa shape index (κ3) is 3.65. The minimum absolute atomic E-state index is 0.0928. The second-order valence-corrected chi connectivity index (χ2v) is 8.42. The van der Waals surface area contributed by atoms with Gasteiger partial charge >= 0.3 is 0 Å². The van der Waals surface area contributed by atoms with E-state index in [0.717, 1.165) is 42.1 Å². The molecule has 2 amide bonds. The Labute approximate surface area is 165 Å².